The van der Waals surface area contributed by atoms with Gasteiger partial charge in [0.2, 0.25) is 0 Å². The van der Waals surface area contributed by atoms with Crippen molar-refractivity contribution in [3.8, 4) is 85.0 Å². The number of aromatic nitrogens is 5. The maximum atomic E-state index is 5.78. The van der Waals surface area contributed by atoms with Crippen molar-refractivity contribution >= 4 is 0 Å². The molecular weight excluding hydrogens is 1350 g/mol. The molecule has 0 fully saturated rings. The summed E-state index contributed by atoms with van der Waals surface area (Å²) in [6, 6.07) is 63.9. The molecule has 5 heterocycles. The highest BCUT2D eigenvalue weighted by Crippen LogP contribution is 2.27. The van der Waals surface area contributed by atoms with Crippen molar-refractivity contribution in [3.63, 3.8) is 0 Å². The topological polar surface area (TPSA) is 111 Å². The van der Waals surface area contributed by atoms with Crippen molar-refractivity contribution in [2.75, 3.05) is 33.0 Å². The molecule has 0 aliphatic rings. The van der Waals surface area contributed by atoms with Gasteiger partial charge in [0.05, 0.1) is 92.5 Å². The number of aryl methyl sites for hydroxylation is 5. The third-order valence-corrected chi connectivity index (χ3v) is 19.1. The predicted molar refractivity (Wildman–Crippen MR) is 467 cm³/mol. The number of rotatable bonds is 45. The van der Waals surface area contributed by atoms with Crippen LogP contribution in [0, 0.1) is 0 Å². The van der Waals surface area contributed by atoms with Crippen molar-refractivity contribution in [1.29, 1.82) is 0 Å². The lowest BCUT2D eigenvalue weighted by Crippen LogP contribution is -1.98. The zero-order valence-corrected chi connectivity index (χ0v) is 69.2. The van der Waals surface area contributed by atoms with E-state index in [2.05, 4.69) is 215 Å². The summed E-state index contributed by atoms with van der Waals surface area (Å²) in [4.78, 5) is 22.6. The van der Waals surface area contributed by atoms with Crippen molar-refractivity contribution < 1.29 is 23.7 Å². The Hall–Kier alpha value is -9.15. The highest BCUT2D eigenvalue weighted by atomic mass is 16.5. The van der Waals surface area contributed by atoms with Gasteiger partial charge in [-0.25, -0.2) is 0 Å². The Morgan fingerprint density at radius 3 is 0.573 bits per heavy atom. The van der Waals surface area contributed by atoms with Gasteiger partial charge in [0, 0.05) is 27.8 Å². The lowest BCUT2D eigenvalue weighted by atomic mass is 10.0. The molecule has 0 aliphatic carbocycles. The summed E-state index contributed by atoms with van der Waals surface area (Å²) in [6.45, 7) is 25.9. The summed E-state index contributed by atoms with van der Waals surface area (Å²) >= 11 is 0. The van der Waals surface area contributed by atoms with Crippen LogP contribution in [0.3, 0.4) is 0 Å². The molecule has 10 nitrogen and oxygen atoms in total. The molecule has 0 unspecified atom stereocenters. The highest BCUT2D eigenvalue weighted by Gasteiger charge is 2.08. The van der Waals surface area contributed by atoms with Crippen LogP contribution in [0.4, 0.5) is 0 Å². The third kappa shape index (κ3) is 36.6. The van der Waals surface area contributed by atoms with E-state index in [-0.39, 0.29) is 0 Å². The monoisotopic (exact) mass is 1490 g/mol. The molecule has 0 N–H and O–H groups in total. The molecular formula is C100H135N5O5. The van der Waals surface area contributed by atoms with Gasteiger partial charge in [-0.05, 0) is 185 Å². The van der Waals surface area contributed by atoms with E-state index in [0.29, 0.717) is 0 Å². The fourth-order valence-corrected chi connectivity index (χ4v) is 12.0. The second-order valence-electron chi connectivity index (χ2n) is 28.7. The van der Waals surface area contributed by atoms with Gasteiger partial charge < -0.3 is 23.7 Å². The van der Waals surface area contributed by atoms with Crippen LogP contribution in [-0.2, 0) is 32.1 Å². The molecule has 10 heteroatoms. The van der Waals surface area contributed by atoms with Crippen molar-refractivity contribution in [2.24, 2.45) is 0 Å². The van der Waals surface area contributed by atoms with Crippen molar-refractivity contribution in [1.82, 2.24) is 24.9 Å². The smallest absolute Gasteiger partial charge is 0.137 e. The Morgan fingerprint density at radius 1 is 0.173 bits per heavy atom. The number of nitrogens with zero attached hydrogens (tertiary/aromatic N) is 5. The Morgan fingerprint density at radius 2 is 0.364 bits per heavy atom. The van der Waals surface area contributed by atoms with E-state index in [9.17, 15) is 0 Å². The first-order valence-corrected chi connectivity index (χ1v) is 42.6. The Kier molecular flexibility index (Phi) is 46.5. The van der Waals surface area contributed by atoms with Gasteiger partial charge in [-0.2, -0.15) is 0 Å². The summed E-state index contributed by atoms with van der Waals surface area (Å²) in [5.41, 5.74) is 17.9. The van der Waals surface area contributed by atoms with Crippen LogP contribution in [0.2, 0.25) is 0 Å². The van der Waals surface area contributed by atoms with E-state index >= 15 is 0 Å². The van der Waals surface area contributed by atoms with Gasteiger partial charge >= 0.3 is 0 Å². The van der Waals surface area contributed by atoms with Crippen LogP contribution in [0.15, 0.2) is 213 Å². The molecule has 0 atom stereocenters. The second kappa shape index (κ2) is 57.0. The summed E-state index contributed by atoms with van der Waals surface area (Å²) < 4.78 is 28.4. The van der Waals surface area contributed by atoms with Crippen LogP contribution in [0.25, 0.3) is 56.3 Å². The minimum absolute atomic E-state index is 0.743. The van der Waals surface area contributed by atoms with Gasteiger partial charge in [-0.3, -0.25) is 24.9 Å². The molecule has 5 aromatic heterocycles. The Labute approximate surface area is 665 Å². The summed E-state index contributed by atoms with van der Waals surface area (Å²) in [6.07, 6.45) is 45.4. The zero-order valence-electron chi connectivity index (χ0n) is 69.2. The molecule has 0 spiro atoms. The van der Waals surface area contributed by atoms with E-state index in [1.807, 2.05) is 85.5 Å². The first-order valence-electron chi connectivity index (χ1n) is 42.6. The summed E-state index contributed by atoms with van der Waals surface area (Å²) in [5, 5.41) is 0. The molecule has 10 aromatic rings. The fraction of sp³-hybridized carbons (Fsp3) is 0.450. The van der Waals surface area contributed by atoms with Crippen molar-refractivity contribution in [2.45, 2.75) is 262 Å². The van der Waals surface area contributed by atoms with Gasteiger partial charge in [-0.1, -0.05) is 287 Å². The summed E-state index contributed by atoms with van der Waals surface area (Å²) in [5.74, 6) is 4.29. The third-order valence-electron chi connectivity index (χ3n) is 19.1. The second-order valence-corrected chi connectivity index (χ2v) is 28.7. The van der Waals surface area contributed by atoms with Crippen LogP contribution in [0.1, 0.15) is 258 Å². The number of hydrogen-bond acceptors (Lipinski definition) is 10. The average Bonchev–Trinajstić information content (AvgIpc) is 0.881. The fourth-order valence-electron chi connectivity index (χ4n) is 12.0. The molecule has 0 aliphatic heterocycles. The van der Waals surface area contributed by atoms with E-state index in [1.165, 1.54) is 161 Å². The first kappa shape index (κ1) is 89.7. The van der Waals surface area contributed by atoms with E-state index in [1.54, 1.807) is 6.20 Å². The molecule has 0 amide bonds. The van der Waals surface area contributed by atoms with Gasteiger partial charge in [0.1, 0.15) is 28.7 Å². The minimum atomic E-state index is 0.743. The van der Waals surface area contributed by atoms with Gasteiger partial charge in [0.15, 0.2) is 0 Å². The molecule has 590 valence electrons. The number of unbranched alkanes of at least 4 members (excludes halogenated alkanes) is 15. The normalized spacial score (nSPS) is 10.6. The highest BCUT2D eigenvalue weighted by molar-refractivity contribution is 5.63. The van der Waals surface area contributed by atoms with E-state index < -0.39 is 0 Å². The number of pyridine rings is 5. The predicted octanol–water partition coefficient (Wildman–Crippen LogP) is 28.3. The maximum Gasteiger partial charge on any atom is 0.137 e. The maximum absolute atomic E-state index is 5.78. The lowest BCUT2D eigenvalue weighted by molar-refractivity contribution is 0.303. The largest absolute Gasteiger partial charge is 0.492 e. The number of ether oxygens (including phenoxy) is 5. The first-order chi connectivity index (χ1) is 54.2. The Bertz CT molecular complexity index is 3800. The zero-order chi connectivity index (χ0) is 78.1. The molecule has 110 heavy (non-hydrogen) atoms. The average molecular weight is 1490 g/mol. The SMILES string of the molecule is CCCCCCCOc1ccc(-c2ccc(CCCC)cc2)nc1.CCCCCCOc1ccc(-c2ccc(CCCC)cc2)nc1.CCCCCOc1ccc(-c2ccc(CCCC)cc2)nc1.CCCCOc1ccc(-c2ccc(CCCC)cc2)nc1.CCCCc1ccc(-c2ccc(OCCC)cn2)cc1. The molecule has 0 saturated carbocycles. The van der Waals surface area contributed by atoms with E-state index in [4.69, 9.17) is 23.7 Å². The molecule has 10 rings (SSSR count). The quantitative estimate of drug-likeness (QED) is 0.0342. The van der Waals surface area contributed by atoms with Crippen molar-refractivity contribution in [3.05, 3.63) is 241 Å². The molecule has 0 radical (unpaired) electrons. The number of hydrogen-bond donors (Lipinski definition) is 0. The Balaban J connectivity index is 0.000000215. The minimum Gasteiger partial charge on any atom is -0.492 e. The standard InChI is InChI=1S/C22H31NO.C21H29NO.C20H27NO.C19H25NO.C18H23NO/c1-3-5-7-8-9-17-24-21-15-16-22(23-18-21)20-13-11-19(12-14-20)10-6-4-2;1-3-5-7-8-16-23-20-14-15-21(22-17-20)19-12-10-18(11-13-19)9-6-4-2;1-3-5-7-15-22-19-13-14-20(21-16-19)18-11-9-17(10-12-18)8-6-4-2;1-3-5-7-16-8-10-17(11-9-16)19-13-12-18(15-20-19)21-14-6-4-2;1-3-5-6-15-7-9-16(10-8-15)18-12-11-17(14-19-18)20-13-4-2/h11-16,18H,3-10,17H2,1-2H3;10-15,17H,3-9,16H2,1-2H3;9-14,16H,3-8,15H2,1-2H3;8-13,15H,3-7,14H2,1-2H3;7-12,14H,3-6,13H2,1-2H3. The van der Waals surface area contributed by atoms with Crippen LogP contribution < -0.4 is 23.7 Å². The number of benzene rings is 5. The van der Waals surface area contributed by atoms with Crippen LogP contribution in [0.5, 0.6) is 28.7 Å². The lowest BCUT2D eigenvalue weighted by Gasteiger charge is -2.07. The van der Waals surface area contributed by atoms with Crippen LogP contribution >= 0.6 is 0 Å². The van der Waals surface area contributed by atoms with E-state index in [0.717, 1.165) is 178 Å². The molecule has 5 aromatic carbocycles. The molecule has 0 saturated heterocycles. The van der Waals surface area contributed by atoms with Gasteiger partial charge in [-0.15, -0.1) is 0 Å². The summed E-state index contributed by atoms with van der Waals surface area (Å²) in [7, 11) is 0. The van der Waals surface area contributed by atoms with Crippen LogP contribution in [-0.4, -0.2) is 58.0 Å². The molecule has 0 bridgehead atoms. The van der Waals surface area contributed by atoms with Gasteiger partial charge in [0.25, 0.3) is 0 Å².